The van der Waals surface area contributed by atoms with Crippen molar-refractivity contribution in [3.63, 3.8) is 0 Å². The molecule has 0 aliphatic carbocycles. The molecule has 0 saturated carbocycles. The van der Waals surface area contributed by atoms with Gasteiger partial charge in [-0.1, -0.05) is 6.07 Å². The highest BCUT2D eigenvalue weighted by atomic mass is 35.5. The number of carbonyl (C=O) groups is 1. The summed E-state index contributed by atoms with van der Waals surface area (Å²) in [4.78, 5) is 13.3. The van der Waals surface area contributed by atoms with Gasteiger partial charge in [-0.05, 0) is 12.1 Å². The first-order chi connectivity index (χ1) is 9.88. The van der Waals surface area contributed by atoms with Crippen molar-refractivity contribution in [2.75, 3.05) is 29.4 Å². The summed E-state index contributed by atoms with van der Waals surface area (Å²) >= 11 is 5.61. The fourth-order valence-electron chi connectivity index (χ4n) is 2.40. The van der Waals surface area contributed by atoms with Crippen LogP contribution >= 0.6 is 11.6 Å². The highest BCUT2D eigenvalue weighted by Gasteiger charge is 2.42. The molecule has 2 rings (SSSR count). The molecule has 1 aromatic rings. The van der Waals surface area contributed by atoms with Gasteiger partial charge in [0, 0.05) is 11.8 Å². The molecule has 8 heteroatoms. The summed E-state index contributed by atoms with van der Waals surface area (Å²) in [6, 6.07) is 5.79. The van der Waals surface area contributed by atoms with Crippen molar-refractivity contribution in [3.8, 4) is 5.75 Å². The van der Waals surface area contributed by atoms with E-state index in [1.165, 1.54) is 12.0 Å². The van der Waals surface area contributed by atoms with Gasteiger partial charge in [-0.3, -0.25) is 4.79 Å². The Hall–Kier alpha value is -1.31. The summed E-state index contributed by atoms with van der Waals surface area (Å²) < 4.78 is 28.4. The first-order valence-electron chi connectivity index (χ1n) is 6.28. The second-order valence-electron chi connectivity index (χ2n) is 4.81. The van der Waals surface area contributed by atoms with Crippen LogP contribution in [0.2, 0.25) is 0 Å². The lowest BCUT2D eigenvalue weighted by Crippen LogP contribution is -2.47. The van der Waals surface area contributed by atoms with Gasteiger partial charge in [0.05, 0.1) is 30.8 Å². The molecule has 0 aromatic heterocycles. The highest BCUT2D eigenvalue weighted by molar-refractivity contribution is 7.91. The van der Waals surface area contributed by atoms with Crippen molar-refractivity contribution in [3.05, 3.63) is 24.3 Å². The number of amides is 1. The van der Waals surface area contributed by atoms with Crippen LogP contribution in [0, 0.1) is 0 Å². The van der Waals surface area contributed by atoms with Crippen molar-refractivity contribution < 1.29 is 23.1 Å². The smallest absolute Gasteiger partial charge is 0.242 e. The lowest BCUT2D eigenvalue weighted by atomic mass is 10.1. The second-order valence-corrected chi connectivity index (χ2v) is 7.23. The van der Waals surface area contributed by atoms with Gasteiger partial charge in [0.15, 0.2) is 9.84 Å². The molecule has 0 spiro atoms. The van der Waals surface area contributed by atoms with E-state index in [0.717, 1.165) is 0 Å². The van der Waals surface area contributed by atoms with E-state index in [1.54, 1.807) is 24.3 Å². The number of hydrogen-bond donors (Lipinski definition) is 1. The van der Waals surface area contributed by atoms with Gasteiger partial charge in [-0.25, -0.2) is 8.42 Å². The quantitative estimate of drug-likeness (QED) is 0.808. The molecule has 1 aliphatic rings. The number of methoxy groups -OCH3 is 1. The van der Waals surface area contributed by atoms with Crippen LogP contribution in [0.4, 0.5) is 5.69 Å². The van der Waals surface area contributed by atoms with Crippen molar-refractivity contribution in [2.45, 2.75) is 12.1 Å². The zero-order chi connectivity index (χ0) is 15.6. The summed E-state index contributed by atoms with van der Waals surface area (Å²) in [6.07, 6.45) is -1.13. The Morgan fingerprint density at radius 1 is 1.48 bits per heavy atom. The van der Waals surface area contributed by atoms with Crippen molar-refractivity contribution >= 4 is 33.0 Å². The van der Waals surface area contributed by atoms with Crippen LogP contribution in [0.25, 0.3) is 0 Å². The summed E-state index contributed by atoms with van der Waals surface area (Å²) in [5.74, 6) is -0.886. The predicted molar refractivity (Wildman–Crippen MR) is 79.6 cm³/mol. The molecule has 1 heterocycles. The maximum Gasteiger partial charge on any atom is 0.242 e. The maximum atomic E-state index is 12.1. The molecule has 1 fully saturated rings. The number of ether oxygens (including phenoxy) is 1. The largest absolute Gasteiger partial charge is 0.497 e. The number of benzene rings is 1. The van der Waals surface area contributed by atoms with Crippen LogP contribution in [0.1, 0.15) is 0 Å². The van der Waals surface area contributed by atoms with Crippen molar-refractivity contribution in [1.29, 1.82) is 0 Å². The van der Waals surface area contributed by atoms with Crippen molar-refractivity contribution in [2.24, 2.45) is 0 Å². The minimum absolute atomic E-state index is 0.284. The van der Waals surface area contributed by atoms with E-state index in [0.29, 0.717) is 11.4 Å². The first kappa shape index (κ1) is 16.1. The van der Waals surface area contributed by atoms with E-state index >= 15 is 0 Å². The highest BCUT2D eigenvalue weighted by Crippen LogP contribution is 2.28. The maximum absolute atomic E-state index is 12.1. The predicted octanol–water partition coefficient (Wildman–Crippen LogP) is 0.425. The van der Waals surface area contributed by atoms with Gasteiger partial charge in [0.2, 0.25) is 5.91 Å². The van der Waals surface area contributed by atoms with Gasteiger partial charge < -0.3 is 14.7 Å². The number of sulfone groups is 1. The average molecular weight is 334 g/mol. The van der Waals surface area contributed by atoms with Crippen LogP contribution in [0.5, 0.6) is 5.75 Å². The third-order valence-electron chi connectivity index (χ3n) is 3.34. The van der Waals surface area contributed by atoms with Gasteiger partial charge in [-0.2, -0.15) is 0 Å². The van der Waals surface area contributed by atoms with E-state index in [-0.39, 0.29) is 17.4 Å². The minimum Gasteiger partial charge on any atom is -0.497 e. The summed E-state index contributed by atoms with van der Waals surface area (Å²) in [7, 11) is -1.89. The molecule has 1 saturated heterocycles. The lowest BCUT2D eigenvalue weighted by Gasteiger charge is -2.30. The Balaban J connectivity index is 2.41. The van der Waals surface area contributed by atoms with Gasteiger partial charge in [0.1, 0.15) is 11.6 Å². The summed E-state index contributed by atoms with van der Waals surface area (Å²) in [5, 5.41) is 9.98. The monoisotopic (exact) mass is 333 g/mol. The average Bonchev–Trinajstić information content (AvgIpc) is 2.72. The number of nitrogens with zero attached hydrogens (tertiary/aromatic N) is 1. The molecule has 0 unspecified atom stereocenters. The van der Waals surface area contributed by atoms with E-state index in [9.17, 15) is 18.3 Å². The molecule has 1 aromatic carbocycles. The standard InChI is InChI=1S/C13H16ClNO5S/c1-20-10-4-2-3-9(5-10)15(13(17)6-14)11-7-21(18,19)8-12(11)16/h2-5,11-12,16H,6-8H2,1H3/t11-,12-/m1/s1. The Morgan fingerprint density at radius 3 is 2.71 bits per heavy atom. The second kappa shape index (κ2) is 6.21. The van der Waals surface area contributed by atoms with E-state index in [1.807, 2.05) is 0 Å². The van der Waals surface area contributed by atoms with Crippen LogP contribution in [-0.2, 0) is 14.6 Å². The zero-order valence-corrected chi connectivity index (χ0v) is 13.0. The number of anilines is 1. The van der Waals surface area contributed by atoms with Gasteiger partial charge >= 0.3 is 0 Å². The molecule has 6 nitrogen and oxygen atoms in total. The molecule has 0 radical (unpaired) electrons. The molecule has 1 aliphatic heterocycles. The summed E-state index contributed by atoms with van der Waals surface area (Å²) in [5.41, 5.74) is 0.446. The molecule has 1 N–H and O–H groups in total. The number of hydrogen-bond acceptors (Lipinski definition) is 5. The van der Waals surface area contributed by atoms with E-state index < -0.39 is 27.9 Å². The Bertz CT molecular complexity index is 633. The fourth-order valence-corrected chi connectivity index (χ4v) is 4.30. The first-order valence-corrected chi connectivity index (χ1v) is 8.64. The fraction of sp³-hybridized carbons (Fsp3) is 0.462. The number of aliphatic hydroxyl groups excluding tert-OH is 1. The Morgan fingerprint density at radius 2 is 2.19 bits per heavy atom. The minimum atomic E-state index is -3.37. The summed E-state index contributed by atoms with van der Waals surface area (Å²) in [6.45, 7) is 0. The number of halogens is 1. The van der Waals surface area contributed by atoms with Crippen LogP contribution in [0.15, 0.2) is 24.3 Å². The third kappa shape index (κ3) is 3.48. The van der Waals surface area contributed by atoms with Crippen molar-refractivity contribution in [1.82, 2.24) is 0 Å². The Kier molecular flexibility index (Phi) is 4.75. The molecular weight excluding hydrogens is 318 g/mol. The van der Waals surface area contributed by atoms with Crippen LogP contribution in [0.3, 0.4) is 0 Å². The molecule has 0 bridgehead atoms. The lowest BCUT2D eigenvalue weighted by molar-refractivity contribution is -0.117. The van der Waals surface area contributed by atoms with Crippen LogP contribution < -0.4 is 9.64 Å². The number of carbonyl (C=O) groups excluding carboxylic acids is 1. The topological polar surface area (TPSA) is 83.9 Å². The van der Waals surface area contributed by atoms with Gasteiger partial charge in [-0.15, -0.1) is 11.6 Å². The Labute approximate surface area is 128 Å². The third-order valence-corrected chi connectivity index (χ3v) is 5.27. The SMILES string of the molecule is COc1cccc(N(C(=O)CCl)[C@@H]2CS(=O)(=O)C[C@H]2O)c1. The number of alkyl halides is 1. The number of aliphatic hydroxyl groups is 1. The molecule has 1 amide bonds. The zero-order valence-electron chi connectivity index (χ0n) is 11.4. The molecular formula is C13H16ClNO5S. The molecule has 116 valence electrons. The number of rotatable bonds is 4. The van der Waals surface area contributed by atoms with Gasteiger partial charge in [0.25, 0.3) is 0 Å². The van der Waals surface area contributed by atoms with Crippen LogP contribution in [-0.4, -0.2) is 56.1 Å². The van der Waals surface area contributed by atoms with E-state index in [2.05, 4.69) is 0 Å². The molecule has 21 heavy (non-hydrogen) atoms. The van der Waals surface area contributed by atoms with E-state index in [4.69, 9.17) is 16.3 Å². The molecule has 2 atom stereocenters. The normalized spacial score (nSPS) is 23.8.